The van der Waals surface area contributed by atoms with Crippen molar-refractivity contribution in [1.29, 1.82) is 5.26 Å². The number of nitriles is 1. The van der Waals surface area contributed by atoms with Gasteiger partial charge in [-0.2, -0.15) is 5.26 Å². The fourth-order valence-electron chi connectivity index (χ4n) is 3.78. The smallest absolute Gasteiger partial charge is 0.147 e. The van der Waals surface area contributed by atoms with E-state index in [0.29, 0.717) is 27.4 Å². The molecule has 0 aliphatic carbocycles. The van der Waals surface area contributed by atoms with E-state index < -0.39 is 0 Å². The molecule has 138 valence electrons. The number of nitrogens with zero attached hydrogens (tertiary/aromatic N) is 3. The molecule has 0 atom stereocenters. The predicted octanol–water partition coefficient (Wildman–Crippen LogP) is 5.93. The number of fused-ring (bicyclic) bond motifs is 3. The van der Waals surface area contributed by atoms with Crippen LogP contribution in [0.3, 0.4) is 0 Å². The lowest BCUT2D eigenvalue weighted by Crippen LogP contribution is -2.03. The van der Waals surface area contributed by atoms with Crippen molar-refractivity contribution >= 4 is 33.8 Å². The Bertz CT molecular complexity index is 1410. The largest absolute Gasteiger partial charge is 0.384 e. The van der Waals surface area contributed by atoms with Crippen molar-refractivity contribution in [3.05, 3.63) is 89.4 Å². The second-order valence-corrected chi connectivity index (χ2v) is 7.20. The summed E-state index contributed by atoms with van der Waals surface area (Å²) < 4.78 is 1.88. The molecular weight excluding hydrogens is 380 g/mol. The lowest BCUT2D eigenvalue weighted by Gasteiger charge is -2.12. The third-order valence-electron chi connectivity index (χ3n) is 5.07. The molecule has 29 heavy (non-hydrogen) atoms. The van der Waals surface area contributed by atoms with Crippen LogP contribution in [0, 0.1) is 11.3 Å². The number of hydrogen-bond donors (Lipinski definition) is 1. The van der Waals surface area contributed by atoms with Crippen molar-refractivity contribution < 1.29 is 0 Å². The van der Waals surface area contributed by atoms with E-state index in [1.807, 2.05) is 71.1 Å². The first kappa shape index (κ1) is 17.3. The van der Waals surface area contributed by atoms with E-state index in [9.17, 15) is 5.26 Å². The second kappa shape index (κ2) is 6.66. The van der Waals surface area contributed by atoms with E-state index in [-0.39, 0.29) is 0 Å². The Hall–Kier alpha value is -3.81. The molecule has 2 aromatic heterocycles. The molecule has 5 rings (SSSR count). The van der Waals surface area contributed by atoms with Crippen LogP contribution in [0.25, 0.3) is 38.9 Å². The molecule has 0 unspecified atom stereocenters. The van der Waals surface area contributed by atoms with Crippen LogP contribution in [0.1, 0.15) is 5.56 Å². The summed E-state index contributed by atoms with van der Waals surface area (Å²) in [5, 5.41) is 11.9. The third kappa shape index (κ3) is 2.64. The zero-order valence-corrected chi connectivity index (χ0v) is 16.1. The Morgan fingerprint density at radius 2 is 1.52 bits per heavy atom. The minimum Gasteiger partial charge on any atom is -0.384 e. The van der Waals surface area contributed by atoms with Gasteiger partial charge in [-0.05, 0) is 18.2 Å². The summed E-state index contributed by atoms with van der Waals surface area (Å²) >= 11 is 6.20. The van der Waals surface area contributed by atoms with Crippen molar-refractivity contribution in [2.24, 2.45) is 0 Å². The molecule has 0 bridgehead atoms. The number of nitrogens with two attached hydrogens (primary N) is 1. The number of halogens is 1. The SMILES string of the molecule is N#Cc1c(N)n2c(-c3ccccc3)c(-c3ccccc3)nc2c2ccc(Cl)cc12. The van der Waals surface area contributed by atoms with Gasteiger partial charge in [0, 0.05) is 26.9 Å². The number of rotatable bonds is 2. The van der Waals surface area contributed by atoms with Crippen molar-refractivity contribution in [2.75, 3.05) is 5.73 Å². The normalized spacial score (nSPS) is 11.0. The Balaban J connectivity index is 2.03. The molecular formula is C24H15ClN4. The topological polar surface area (TPSA) is 67.1 Å². The highest BCUT2D eigenvalue weighted by molar-refractivity contribution is 6.31. The van der Waals surface area contributed by atoms with Gasteiger partial charge in [-0.25, -0.2) is 4.98 Å². The maximum absolute atomic E-state index is 9.85. The van der Waals surface area contributed by atoms with Gasteiger partial charge in [0.1, 0.15) is 23.1 Å². The lowest BCUT2D eigenvalue weighted by molar-refractivity contribution is 1.21. The van der Waals surface area contributed by atoms with Crippen molar-refractivity contribution in [3.63, 3.8) is 0 Å². The van der Waals surface area contributed by atoms with Gasteiger partial charge in [0.05, 0.1) is 11.4 Å². The monoisotopic (exact) mass is 394 g/mol. The molecule has 0 saturated carbocycles. The summed E-state index contributed by atoms with van der Waals surface area (Å²) in [5.41, 5.74) is 11.3. The van der Waals surface area contributed by atoms with E-state index in [0.717, 1.165) is 27.9 Å². The van der Waals surface area contributed by atoms with Gasteiger partial charge in [-0.1, -0.05) is 72.3 Å². The van der Waals surface area contributed by atoms with Crippen molar-refractivity contribution in [2.45, 2.75) is 0 Å². The van der Waals surface area contributed by atoms with Crippen LogP contribution in [-0.4, -0.2) is 9.38 Å². The van der Waals surface area contributed by atoms with Crippen LogP contribution >= 0.6 is 11.6 Å². The highest BCUT2D eigenvalue weighted by Crippen LogP contribution is 2.39. The van der Waals surface area contributed by atoms with E-state index in [4.69, 9.17) is 22.3 Å². The average molecular weight is 395 g/mol. The Labute approximate surface area is 172 Å². The van der Waals surface area contributed by atoms with Gasteiger partial charge < -0.3 is 5.73 Å². The summed E-state index contributed by atoms with van der Waals surface area (Å²) in [4.78, 5) is 4.98. The molecule has 5 heteroatoms. The Kier molecular flexibility index (Phi) is 3.97. The highest BCUT2D eigenvalue weighted by Gasteiger charge is 2.22. The number of imidazole rings is 1. The van der Waals surface area contributed by atoms with Crippen LogP contribution in [0.2, 0.25) is 5.02 Å². The Morgan fingerprint density at radius 1 is 0.862 bits per heavy atom. The Morgan fingerprint density at radius 3 is 2.17 bits per heavy atom. The fraction of sp³-hybridized carbons (Fsp3) is 0. The second-order valence-electron chi connectivity index (χ2n) is 6.76. The maximum atomic E-state index is 9.85. The van der Waals surface area contributed by atoms with Crippen molar-refractivity contribution in [1.82, 2.24) is 9.38 Å². The maximum Gasteiger partial charge on any atom is 0.147 e. The molecule has 0 amide bonds. The molecule has 0 radical (unpaired) electrons. The predicted molar refractivity (Wildman–Crippen MR) is 118 cm³/mol. The van der Waals surface area contributed by atoms with Crippen molar-refractivity contribution in [3.8, 4) is 28.6 Å². The summed E-state index contributed by atoms with van der Waals surface area (Å²) in [5.74, 6) is 0.353. The summed E-state index contributed by atoms with van der Waals surface area (Å²) in [6.45, 7) is 0. The third-order valence-corrected chi connectivity index (χ3v) is 5.31. The molecule has 0 fully saturated rings. The van der Waals surface area contributed by atoms with Crippen LogP contribution < -0.4 is 5.73 Å². The number of nitrogen functional groups attached to an aromatic ring is 1. The molecule has 0 aliphatic heterocycles. The molecule has 0 spiro atoms. The van der Waals surface area contributed by atoms with Gasteiger partial charge in [-0.3, -0.25) is 4.40 Å². The van der Waals surface area contributed by atoms with E-state index in [1.165, 1.54) is 0 Å². The van der Waals surface area contributed by atoms with E-state index in [2.05, 4.69) is 6.07 Å². The first-order valence-electron chi connectivity index (χ1n) is 9.13. The standard InChI is InChI=1S/C24H15ClN4/c25-17-11-12-18-19(13-17)20(14-26)23(27)29-22(16-9-5-2-6-10-16)21(28-24(18)29)15-7-3-1-4-8-15/h1-13H,27H2. The van der Waals surface area contributed by atoms with Crippen LogP contribution in [0.15, 0.2) is 78.9 Å². The van der Waals surface area contributed by atoms with Crippen LogP contribution in [-0.2, 0) is 0 Å². The lowest BCUT2D eigenvalue weighted by atomic mass is 10.0. The zero-order valence-electron chi connectivity index (χ0n) is 15.3. The van der Waals surface area contributed by atoms with Gasteiger partial charge in [0.2, 0.25) is 0 Å². The van der Waals surface area contributed by atoms with Gasteiger partial charge in [-0.15, -0.1) is 0 Å². The van der Waals surface area contributed by atoms with Crippen LogP contribution in [0.4, 0.5) is 5.82 Å². The summed E-state index contributed by atoms with van der Waals surface area (Å²) in [6.07, 6.45) is 0. The number of aromatic nitrogens is 2. The highest BCUT2D eigenvalue weighted by atomic mass is 35.5. The molecule has 3 aromatic carbocycles. The van der Waals surface area contributed by atoms with Gasteiger partial charge >= 0.3 is 0 Å². The average Bonchev–Trinajstić information content (AvgIpc) is 3.16. The molecule has 2 heterocycles. The number of anilines is 1. The number of benzene rings is 3. The van der Waals surface area contributed by atoms with E-state index >= 15 is 0 Å². The van der Waals surface area contributed by atoms with Gasteiger partial charge in [0.15, 0.2) is 0 Å². The summed E-state index contributed by atoms with van der Waals surface area (Å²) in [7, 11) is 0. The minimum atomic E-state index is 0.353. The molecule has 5 aromatic rings. The summed E-state index contributed by atoms with van der Waals surface area (Å²) in [6, 6.07) is 27.7. The molecule has 2 N–H and O–H groups in total. The van der Waals surface area contributed by atoms with E-state index in [1.54, 1.807) is 12.1 Å². The zero-order chi connectivity index (χ0) is 20.0. The molecule has 4 nitrogen and oxygen atoms in total. The molecule has 0 saturated heterocycles. The van der Waals surface area contributed by atoms with Gasteiger partial charge in [0.25, 0.3) is 0 Å². The minimum absolute atomic E-state index is 0.353. The quantitative estimate of drug-likeness (QED) is 0.403. The fourth-order valence-corrected chi connectivity index (χ4v) is 3.95. The number of hydrogen-bond acceptors (Lipinski definition) is 3. The first-order chi connectivity index (χ1) is 14.2. The van der Waals surface area contributed by atoms with Crippen LogP contribution in [0.5, 0.6) is 0 Å². The first-order valence-corrected chi connectivity index (χ1v) is 9.51. The molecule has 0 aliphatic rings. The number of pyridine rings is 1.